The van der Waals surface area contributed by atoms with Crippen molar-refractivity contribution in [3.05, 3.63) is 23.3 Å². The number of fused-ring (bicyclic) bond motifs is 1. The van der Waals surface area contributed by atoms with E-state index in [1.807, 2.05) is 26.8 Å². The zero-order valence-corrected chi connectivity index (χ0v) is 15.4. The third-order valence-electron chi connectivity index (χ3n) is 3.68. The molecule has 0 aliphatic carbocycles. The first-order chi connectivity index (χ1) is 10.5. The first-order valence-electron chi connectivity index (χ1n) is 7.74. The Morgan fingerprint density at radius 2 is 1.96 bits per heavy atom. The number of carbonyl (C=O) groups is 1. The van der Waals surface area contributed by atoms with E-state index >= 15 is 0 Å². The van der Waals surface area contributed by atoms with Gasteiger partial charge in [-0.05, 0) is 61.2 Å². The minimum atomic E-state index is -0.505. The van der Waals surface area contributed by atoms with Gasteiger partial charge in [0.15, 0.2) is 0 Å². The zero-order valence-electron chi connectivity index (χ0n) is 14.6. The van der Waals surface area contributed by atoms with Crippen LogP contribution < -0.4 is 5.32 Å². The summed E-state index contributed by atoms with van der Waals surface area (Å²) in [5.74, 6) is -0.545. The normalized spacial score (nSPS) is 17.2. The Morgan fingerprint density at radius 1 is 1.30 bits per heavy atom. The Hall–Kier alpha value is -1.67. The van der Waals surface area contributed by atoms with Crippen LogP contribution in [0.25, 0.3) is 0 Å². The van der Waals surface area contributed by atoms with Crippen molar-refractivity contribution in [2.24, 2.45) is 0 Å². The molecular formula is C18H24N2O2S. The van der Waals surface area contributed by atoms with Gasteiger partial charge in [-0.3, -0.25) is 4.79 Å². The number of thioether (sulfide) groups is 1. The number of hydrogen-bond donors (Lipinski definition) is 1. The van der Waals surface area contributed by atoms with Crippen LogP contribution in [0.1, 0.15) is 58.6 Å². The summed E-state index contributed by atoms with van der Waals surface area (Å²) in [6, 6.07) is 4.04. The van der Waals surface area contributed by atoms with Crippen molar-refractivity contribution in [1.82, 2.24) is 0 Å². The third-order valence-corrected chi connectivity index (χ3v) is 4.33. The van der Waals surface area contributed by atoms with Gasteiger partial charge in [0, 0.05) is 17.1 Å². The monoisotopic (exact) mass is 332 g/mol. The van der Waals surface area contributed by atoms with Gasteiger partial charge in [0.2, 0.25) is 0 Å². The summed E-state index contributed by atoms with van der Waals surface area (Å²) in [4.78, 5) is 13.4. The standard InChI is InChI=1S/C18H24N2O2S/c1-17(2,3)13-8-14-11(7-15(13)23-10-19)12(9-20-14)16(21)22-18(4,5)6/h7-8,12,20H,9H2,1-6H3. The second-order valence-electron chi connectivity index (χ2n) is 7.85. The average Bonchev–Trinajstić information content (AvgIpc) is 2.78. The van der Waals surface area contributed by atoms with Crippen molar-refractivity contribution < 1.29 is 9.53 Å². The van der Waals surface area contributed by atoms with Gasteiger partial charge in [-0.2, -0.15) is 5.26 Å². The van der Waals surface area contributed by atoms with E-state index in [4.69, 9.17) is 10.00 Å². The summed E-state index contributed by atoms with van der Waals surface area (Å²) in [5.41, 5.74) is 2.42. The smallest absolute Gasteiger partial charge is 0.315 e. The number of hydrogen-bond acceptors (Lipinski definition) is 5. The van der Waals surface area contributed by atoms with Gasteiger partial charge in [-0.25, -0.2) is 0 Å². The molecule has 1 aliphatic heterocycles. The Kier molecular flexibility index (Phi) is 4.68. The average molecular weight is 332 g/mol. The van der Waals surface area contributed by atoms with Gasteiger partial charge in [-0.15, -0.1) is 0 Å². The third kappa shape index (κ3) is 4.00. The Labute approximate surface area is 142 Å². The summed E-state index contributed by atoms with van der Waals surface area (Å²) < 4.78 is 5.53. The molecule has 0 radical (unpaired) electrons. The zero-order chi connectivity index (χ0) is 17.4. The predicted molar refractivity (Wildman–Crippen MR) is 93.7 cm³/mol. The molecule has 1 heterocycles. The summed E-state index contributed by atoms with van der Waals surface area (Å²) >= 11 is 1.15. The Balaban J connectivity index is 2.42. The van der Waals surface area contributed by atoms with Crippen molar-refractivity contribution in [2.75, 3.05) is 11.9 Å². The van der Waals surface area contributed by atoms with Crippen LogP contribution >= 0.6 is 11.8 Å². The molecule has 0 bridgehead atoms. The molecule has 1 N–H and O–H groups in total. The number of rotatable bonds is 2. The van der Waals surface area contributed by atoms with Crippen LogP contribution in [-0.4, -0.2) is 18.1 Å². The summed E-state index contributed by atoms with van der Waals surface area (Å²) in [6.45, 7) is 12.5. The molecule has 2 rings (SSSR count). The maximum absolute atomic E-state index is 12.4. The van der Waals surface area contributed by atoms with Gasteiger partial charge >= 0.3 is 5.97 Å². The van der Waals surface area contributed by atoms with E-state index in [0.717, 1.165) is 33.5 Å². The SMILES string of the molecule is CC(C)(C)OC(=O)C1CNc2cc(C(C)(C)C)c(SC#N)cc21. The minimum absolute atomic E-state index is 0.0695. The summed E-state index contributed by atoms with van der Waals surface area (Å²) in [6.07, 6.45) is 0. The molecule has 1 aromatic rings. The molecule has 4 nitrogen and oxygen atoms in total. The number of esters is 1. The van der Waals surface area contributed by atoms with Crippen LogP contribution in [0.4, 0.5) is 5.69 Å². The van der Waals surface area contributed by atoms with Gasteiger partial charge in [0.05, 0.1) is 0 Å². The number of anilines is 1. The fraction of sp³-hybridized carbons (Fsp3) is 0.556. The lowest BCUT2D eigenvalue weighted by Crippen LogP contribution is -2.28. The maximum atomic E-state index is 12.4. The number of nitrogens with zero attached hydrogens (tertiary/aromatic N) is 1. The van der Waals surface area contributed by atoms with E-state index in [1.54, 1.807) is 0 Å². The number of nitriles is 1. The highest BCUT2D eigenvalue weighted by Gasteiger charge is 2.34. The first-order valence-corrected chi connectivity index (χ1v) is 8.55. The number of carbonyl (C=O) groups excluding carboxylic acids is 1. The first kappa shape index (κ1) is 17.7. The molecule has 0 aromatic heterocycles. The van der Waals surface area contributed by atoms with Crippen LogP contribution in [0.2, 0.25) is 0 Å². The van der Waals surface area contributed by atoms with E-state index in [-0.39, 0.29) is 17.3 Å². The molecular weight excluding hydrogens is 308 g/mol. The lowest BCUT2D eigenvalue weighted by Gasteiger charge is -2.24. The highest BCUT2D eigenvalue weighted by molar-refractivity contribution is 8.03. The van der Waals surface area contributed by atoms with Crippen LogP contribution in [-0.2, 0) is 14.9 Å². The molecule has 23 heavy (non-hydrogen) atoms. The maximum Gasteiger partial charge on any atom is 0.315 e. The van der Waals surface area contributed by atoms with Gasteiger partial charge < -0.3 is 10.1 Å². The number of thiocyanates is 1. The van der Waals surface area contributed by atoms with Crippen molar-refractivity contribution in [3.8, 4) is 5.40 Å². The molecule has 0 saturated carbocycles. The quantitative estimate of drug-likeness (QED) is 0.494. The molecule has 1 aromatic carbocycles. The Bertz CT molecular complexity index is 663. The van der Waals surface area contributed by atoms with Crippen molar-refractivity contribution in [2.45, 2.75) is 63.4 Å². The number of nitrogens with one attached hydrogen (secondary N) is 1. The van der Waals surface area contributed by atoms with Gasteiger partial charge in [0.25, 0.3) is 0 Å². The van der Waals surface area contributed by atoms with Gasteiger partial charge in [-0.1, -0.05) is 20.8 Å². The highest BCUT2D eigenvalue weighted by atomic mass is 32.2. The number of benzene rings is 1. The second-order valence-corrected chi connectivity index (χ2v) is 8.67. The molecule has 1 aliphatic rings. The molecule has 0 spiro atoms. The molecule has 1 unspecified atom stereocenters. The van der Waals surface area contributed by atoms with Crippen molar-refractivity contribution >= 4 is 23.4 Å². The van der Waals surface area contributed by atoms with E-state index in [0.29, 0.717) is 6.54 Å². The molecule has 124 valence electrons. The molecule has 5 heteroatoms. The lowest BCUT2D eigenvalue weighted by atomic mass is 9.85. The van der Waals surface area contributed by atoms with E-state index < -0.39 is 5.60 Å². The van der Waals surface area contributed by atoms with Crippen LogP contribution in [0.5, 0.6) is 0 Å². The highest BCUT2D eigenvalue weighted by Crippen LogP contribution is 2.41. The molecule has 0 saturated heterocycles. The number of ether oxygens (including phenoxy) is 1. The van der Waals surface area contributed by atoms with Gasteiger partial charge in [0.1, 0.15) is 16.9 Å². The summed E-state index contributed by atoms with van der Waals surface area (Å²) in [7, 11) is 0. The minimum Gasteiger partial charge on any atom is -0.459 e. The largest absolute Gasteiger partial charge is 0.459 e. The fourth-order valence-electron chi connectivity index (χ4n) is 2.66. The van der Waals surface area contributed by atoms with E-state index in [9.17, 15) is 4.79 Å². The van der Waals surface area contributed by atoms with Crippen molar-refractivity contribution in [1.29, 1.82) is 5.26 Å². The summed E-state index contributed by atoms with van der Waals surface area (Å²) in [5, 5.41) is 14.5. The molecule has 1 atom stereocenters. The molecule has 0 amide bonds. The predicted octanol–water partition coefficient (Wildman–Crippen LogP) is 4.41. The van der Waals surface area contributed by atoms with Crippen LogP contribution in [0.3, 0.4) is 0 Å². The van der Waals surface area contributed by atoms with E-state index in [2.05, 4.69) is 37.6 Å². The van der Waals surface area contributed by atoms with Crippen LogP contribution in [0.15, 0.2) is 17.0 Å². The lowest BCUT2D eigenvalue weighted by molar-refractivity contribution is -0.156. The fourth-order valence-corrected chi connectivity index (χ4v) is 3.42. The van der Waals surface area contributed by atoms with E-state index in [1.165, 1.54) is 0 Å². The Morgan fingerprint density at radius 3 is 2.48 bits per heavy atom. The topological polar surface area (TPSA) is 62.1 Å². The van der Waals surface area contributed by atoms with Crippen LogP contribution in [0, 0.1) is 10.7 Å². The second kappa shape index (κ2) is 6.09. The molecule has 0 fully saturated rings. The van der Waals surface area contributed by atoms with Crippen molar-refractivity contribution in [3.63, 3.8) is 0 Å².